The maximum absolute atomic E-state index is 13.8. The third-order valence-corrected chi connectivity index (χ3v) is 16.6. The lowest BCUT2D eigenvalue weighted by atomic mass is 9.78. The van der Waals surface area contributed by atoms with Crippen LogP contribution >= 0.6 is 0 Å². The number of hydrogen-bond acceptors (Lipinski definition) is 10. The Labute approximate surface area is 323 Å². The van der Waals surface area contributed by atoms with Gasteiger partial charge in [-0.2, -0.15) is 0 Å². The molecule has 3 aromatic rings. The van der Waals surface area contributed by atoms with Crippen LogP contribution in [0.15, 0.2) is 66.7 Å². The van der Waals surface area contributed by atoms with Crippen LogP contribution in [0.1, 0.15) is 56.7 Å². The minimum Gasteiger partial charge on any atom is -0.441 e. The van der Waals surface area contributed by atoms with Gasteiger partial charge in [0.15, 0.2) is 5.60 Å². The van der Waals surface area contributed by atoms with Gasteiger partial charge in [0.2, 0.25) is 0 Å². The van der Waals surface area contributed by atoms with Crippen LogP contribution in [0.5, 0.6) is 0 Å². The highest BCUT2D eigenvalue weighted by Crippen LogP contribution is 2.51. The summed E-state index contributed by atoms with van der Waals surface area (Å²) >= 11 is 0. The first-order valence-corrected chi connectivity index (χ1v) is 21.6. The molecule has 3 aromatic carbocycles. The largest absolute Gasteiger partial charge is 0.441 e. The molecule has 4 aliphatic heterocycles. The Morgan fingerprint density at radius 1 is 0.727 bits per heavy atom. The third kappa shape index (κ3) is 7.21. The Morgan fingerprint density at radius 2 is 1.29 bits per heavy atom. The summed E-state index contributed by atoms with van der Waals surface area (Å²) in [4.78, 5) is 55.9. The molecular formula is C42H50N4O8Si. The maximum atomic E-state index is 13.8. The van der Waals surface area contributed by atoms with Crippen molar-refractivity contribution in [2.24, 2.45) is 0 Å². The van der Waals surface area contributed by atoms with Crippen molar-refractivity contribution < 1.29 is 38.1 Å². The van der Waals surface area contributed by atoms with E-state index >= 15 is 0 Å². The highest BCUT2D eigenvalue weighted by atomic mass is 28.3. The van der Waals surface area contributed by atoms with Gasteiger partial charge in [-0.15, -0.1) is 0 Å². The number of amides is 3. The molecule has 0 saturated carbocycles. The predicted molar refractivity (Wildman–Crippen MR) is 212 cm³/mol. The Hall–Kier alpha value is -4.82. The monoisotopic (exact) mass is 766 g/mol. The number of anilines is 2. The molecule has 0 radical (unpaired) electrons. The lowest BCUT2D eigenvalue weighted by Crippen LogP contribution is -2.67. The number of nitrogens with zero attached hydrogens (tertiary/aromatic N) is 3. The van der Waals surface area contributed by atoms with Gasteiger partial charge in [-0.05, 0) is 64.9 Å². The second-order valence-electron chi connectivity index (χ2n) is 15.0. The number of nitrogens with one attached hydrogen (secondary N) is 1. The Balaban J connectivity index is 1.03. The second-order valence-corrected chi connectivity index (χ2v) is 19.2. The highest BCUT2D eigenvalue weighted by Gasteiger charge is 2.58. The summed E-state index contributed by atoms with van der Waals surface area (Å²) in [5.41, 5.74) is 4.76. The van der Waals surface area contributed by atoms with Crippen molar-refractivity contribution >= 4 is 53.5 Å². The summed E-state index contributed by atoms with van der Waals surface area (Å²) in [5.74, 6) is -1.30. The lowest BCUT2D eigenvalue weighted by molar-refractivity contribution is -0.137. The summed E-state index contributed by atoms with van der Waals surface area (Å²) < 4.78 is 23.3. The minimum atomic E-state index is -2.27. The number of hydrogen-bond donors (Lipinski definition) is 1. The number of fused-ring (bicyclic) bond motifs is 8. The zero-order valence-electron chi connectivity index (χ0n) is 32.2. The molecule has 55 heavy (non-hydrogen) atoms. The van der Waals surface area contributed by atoms with Crippen LogP contribution in [-0.2, 0) is 34.1 Å². The summed E-state index contributed by atoms with van der Waals surface area (Å²) in [6, 6.07) is 20.8. The van der Waals surface area contributed by atoms with Crippen molar-refractivity contribution in [3.05, 3.63) is 94.6 Å². The first-order chi connectivity index (χ1) is 26.6. The smallest absolute Gasteiger partial charge is 0.340 e. The van der Waals surface area contributed by atoms with E-state index in [9.17, 15) is 19.2 Å². The van der Waals surface area contributed by atoms with Gasteiger partial charge in [0.25, 0.3) is 17.7 Å². The number of imide groups is 1. The normalized spacial score (nSPS) is 17.3. The molecule has 290 valence electrons. The number of carbonyl (C=O) groups is 4. The average Bonchev–Trinajstić information content (AvgIpc) is 3.67. The summed E-state index contributed by atoms with van der Waals surface area (Å²) in [6.45, 7) is 2.40. The van der Waals surface area contributed by atoms with Gasteiger partial charge in [0.1, 0.15) is 8.07 Å². The van der Waals surface area contributed by atoms with Gasteiger partial charge in [0.05, 0.1) is 51.7 Å². The number of ether oxygens (including phenoxy) is 4. The van der Waals surface area contributed by atoms with Crippen molar-refractivity contribution in [2.75, 3.05) is 90.7 Å². The molecule has 0 aliphatic carbocycles. The summed E-state index contributed by atoms with van der Waals surface area (Å²) in [7, 11) is 5.99. The number of esters is 1. The lowest BCUT2D eigenvalue weighted by Gasteiger charge is -2.48. The van der Waals surface area contributed by atoms with E-state index in [4.69, 9.17) is 18.9 Å². The Kier molecular flexibility index (Phi) is 11.3. The zero-order valence-corrected chi connectivity index (χ0v) is 33.2. The molecule has 0 bridgehead atoms. The van der Waals surface area contributed by atoms with Gasteiger partial charge in [-0.25, -0.2) is 4.79 Å². The second kappa shape index (κ2) is 16.1. The van der Waals surface area contributed by atoms with E-state index in [0.717, 1.165) is 39.5 Å². The van der Waals surface area contributed by atoms with Crippen molar-refractivity contribution in [3.63, 3.8) is 0 Å². The molecule has 13 heteroatoms. The van der Waals surface area contributed by atoms with Crippen LogP contribution in [0.2, 0.25) is 12.1 Å². The molecule has 4 aliphatic rings. The standard InChI is InChI=1S/C42H50N4O8Si/c1-44(2)30-9-12-33-36(27-30)55(24-6-5-7-25-55)37-28-31(45(3)4)10-13-34(37)42(33)35-26-29(8-11-32(35)41(50)54-42)40(49)43-16-18-51-20-22-53-23-21-52-19-17-46-38(47)14-15-39(46)48/h8-15,26-28H,5-7,16-25H2,1-4H3,(H,43,49). The first kappa shape index (κ1) is 38.5. The quantitative estimate of drug-likeness (QED) is 0.107. The van der Waals surface area contributed by atoms with Crippen molar-refractivity contribution in [3.8, 4) is 0 Å². The summed E-state index contributed by atoms with van der Waals surface area (Å²) in [5, 5.41) is 5.62. The highest BCUT2D eigenvalue weighted by molar-refractivity contribution is 7.03. The Morgan fingerprint density at radius 3 is 1.87 bits per heavy atom. The minimum absolute atomic E-state index is 0.206. The van der Waals surface area contributed by atoms with E-state index in [1.54, 1.807) is 12.1 Å². The average molecular weight is 767 g/mol. The van der Waals surface area contributed by atoms with Gasteiger partial charge in [0, 0.05) is 80.5 Å². The van der Waals surface area contributed by atoms with Crippen LogP contribution in [0.4, 0.5) is 11.4 Å². The van der Waals surface area contributed by atoms with Crippen LogP contribution in [0.3, 0.4) is 0 Å². The molecule has 0 unspecified atom stereocenters. The molecule has 3 amide bonds. The molecule has 1 fully saturated rings. The molecule has 0 atom stereocenters. The molecule has 1 N–H and O–H groups in total. The predicted octanol–water partition coefficient (Wildman–Crippen LogP) is 3.05. The number of benzene rings is 3. The Bertz CT molecular complexity index is 1930. The SMILES string of the molecule is CN(C)c1ccc2c(c1)[Si]1(CCCCC1)c1cc(N(C)C)ccc1C21OC(=O)c2ccc(C(=O)NCCOCCOCCOCCN3C(=O)C=CC3=O)cc21. The van der Waals surface area contributed by atoms with E-state index < -0.39 is 13.7 Å². The fourth-order valence-electron chi connectivity index (χ4n) is 8.50. The maximum Gasteiger partial charge on any atom is 0.340 e. The summed E-state index contributed by atoms with van der Waals surface area (Å²) in [6.07, 6.45) is 6.08. The topological polar surface area (TPSA) is 127 Å². The molecule has 2 spiro atoms. The third-order valence-electron chi connectivity index (χ3n) is 11.3. The van der Waals surface area contributed by atoms with Gasteiger partial charge < -0.3 is 34.1 Å². The number of rotatable bonds is 15. The van der Waals surface area contributed by atoms with E-state index in [-0.39, 0.29) is 36.8 Å². The van der Waals surface area contributed by atoms with E-state index in [0.29, 0.717) is 56.3 Å². The van der Waals surface area contributed by atoms with Gasteiger partial charge >= 0.3 is 5.97 Å². The van der Waals surface area contributed by atoms with Crippen LogP contribution in [0.25, 0.3) is 0 Å². The first-order valence-electron chi connectivity index (χ1n) is 19.1. The van der Waals surface area contributed by atoms with Crippen LogP contribution < -0.4 is 25.5 Å². The molecule has 1 saturated heterocycles. The van der Waals surface area contributed by atoms with Crippen molar-refractivity contribution in [2.45, 2.75) is 37.0 Å². The zero-order chi connectivity index (χ0) is 38.7. The molecule has 7 rings (SSSR count). The van der Waals surface area contributed by atoms with Crippen LogP contribution in [-0.4, -0.2) is 118 Å². The van der Waals surface area contributed by atoms with Crippen LogP contribution in [0, 0.1) is 0 Å². The van der Waals surface area contributed by atoms with Gasteiger partial charge in [-0.3, -0.25) is 19.3 Å². The molecular weight excluding hydrogens is 717 g/mol. The fraction of sp³-hybridized carbons (Fsp3) is 0.429. The molecule has 0 aromatic heterocycles. The molecule has 12 nitrogen and oxygen atoms in total. The molecule has 4 heterocycles. The van der Waals surface area contributed by atoms with E-state index in [2.05, 4.69) is 79.7 Å². The number of carbonyl (C=O) groups excluding carboxylic acids is 4. The van der Waals surface area contributed by atoms with Crippen molar-refractivity contribution in [1.82, 2.24) is 10.2 Å². The van der Waals surface area contributed by atoms with E-state index in [1.807, 2.05) is 6.07 Å². The van der Waals surface area contributed by atoms with E-state index in [1.165, 1.54) is 41.8 Å². The van der Waals surface area contributed by atoms with Crippen molar-refractivity contribution in [1.29, 1.82) is 0 Å². The fourth-order valence-corrected chi connectivity index (χ4v) is 14.2. The van der Waals surface area contributed by atoms with Gasteiger partial charge in [-0.1, -0.05) is 31.4 Å².